The first-order chi connectivity index (χ1) is 23.6. The second-order valence-electron chi connectivity index (χ2n) is 11.4. The van der Waals surface area contributed by atoms with Crippen LogP contribution in [0.4, 0.5) is 0 Å². The van der Waals surface area contributed by atoms with Crippen LogP contribution < -0.4 is 11.1 Å². The Morgan fingerprint density at radius 1 is 0.458 bits per heavy atom. The van der Waals surface area contributed by atoms with Crippen LogP contribution in [0.2, 0.25) is 0 Å². The predicted octanol–water partition coefficient (Wildman–Crippen LogP) is 8.45. The summed E-state index contributed by atoms with van der Waals surface area (Å²) in [4.78, 5) is 47.3. The van der Waals surface area contributed by atoms with E-state index in [1.54, 1.807) is 41.9 Å². The fraction of sp³-hybridized carbons (Fsp3) is 0. The number of hydrogen-bond donors (Lipinski definition) is 0. The van der Waals surface area contributed by atoms with Gasteiger partial charge in [-0.3, -0.25) is 14.6 Å². The fourth-order valence-electron chi connectivity index (χ4n) is 6.23. The minimum atomic E-state index is -0.410. The summed E-state index contributed by atoms with van der Waals surface area (Å²) in [6.07, 6.45) is 3.25. The standard InChI is InChI=1S/C40H23N5O2S/c46-39-29-19-20-41-23-33(29)30-22-35-31(28-13-7-8-14-34(28)48-35)21-32(30)40(47)45(39)27-17-15-26(16-18-27)38-43-36(24-9-3-1-4-10-24)42-37(44-38)25-11-5-2-6-12-25/h1-23H. The minimum Gasteiger partial charge on any atom is -0.268 e. The summed E-state index contributed by atoms with van der Waals surface area (Å²) in [6, 6.07) is 40.5. The normalized spacial score (nSPS) is 11.5. The molecule has 0 N–H and O–H groups in total. The summed E-state index contributed by atoms with van der Waals surface area (Å²) >= 11 is 1.67. The molecule has 0 spiro atoms. The van der Waals surface area contributed by atoms with Gasteiger partial charge in [-0.2, -0.15) is 0 Å². The molecule has 4 aromatic heterocycles. The molecule has 5 aromatic carbocycles. The quantitative estimate of drug-likeness (QED) is 0.192. The summed E-state index contributed by atoms with van der Waals surface area (Å²) in [7, 11) is 0. The highest BCUT2D eigenvalue weighted by Gasteiger charge is 2.17. The molecule has 0 fully saturated rings. The highest BCUT2D eigenvalue weighted by molar-refractivity contribution is 7.25. The number of nitrogens with zero attached hydrogens (tertiary/aromatic N) is 5. The average molecular weight is 638 g/mol. The largest absolute Gasteiger partial charge is 0.268 e. The molecule has 8 heteroatoms. The molecule has 0 amide bonds. The lowest BCUT2D eigenvalue weighted by molar-refractivity contribution is 0.975. The second kappa shape index (κ2) is 11.2. The first-order valence-electron chi connectivity index (χ1n) is 15.4. The van der Waals surface area contributed by atoms with Gasteiger partial charge in [0.1, 0.15) is 0 Å². The molecule has 0 saturated carbocycles. The van der Waals surface area contributed by atoms with Gasteiger partial charge in [-0.15, -0.1) is 11.3 Å². The molecule has 9 aromatic rings. The van der Waals surface area contributed by atoms with Gasteiger partial charge in [-0.25, -0.2) is 19.5 Å². The van der Waals surface area contributed by atoms with Gasteiger partial charge in [0.25, 0.3) is 11.1 Å². The van der Waals surface area contributed by atoms with Crippen LogP contribution in [0.1, 0.15) is 0 Å². The molecule has 0 bridgehead atoms. The van der Waals surface area contributed by atoms with Gasteiger partial charge >= 0.3 is 0 Å². The molecule has 0 aliphatic carbocycles. The SMILES string of the molecule is O=c1c2ccncc2c2cc3sc4ccccc4c3cc2c(=O)n1-c1ccc(-c2nc(-c3ccccc3)nc(-c3ccccc3)n2)cc1. The number of fused-ring (bicyclic) bond motifs is 6. The van der Waals surface area contributed by atoms with E-state index in [9.17, 15) is 9.59 Å². The van der Waals surface area contributed by atoms with Crippen molar-refractivity contribution in [3.05, 3.63) is 160 Å². The predicted molar refractivity (Wildman–Crippen MR) is 194 cm³/mol. The van der Waals surface area contributed by atoms with Gasteiger partial charge in [-0.05, 0) is 53.9 Å². The van der Waals surface area contributed by atoms with Crippen LogP contribution in [0.5, 0.6) is 0 Å². The average Bonchev–Trinajstić information content (AvgIpc) is 3.49. The van der Waals surface area contributed by atoms with Crippen molar-refractivity contribution in [2.45, 2.75) is 0 Å². The highest BCUT2D eigenvalue weighted by atomic mass is 32.1. The van der Waals surface area contributed by atoms with Crippen LogP contribution in [-0.2, 0) is 0 Å². The first kappa shape index (κ1) is 27.9. The molecule has 0 atom stereocenters. The topological polar surface area (TPSA) is 90.6 Å². The van der Waals surface area contributed by atoms with E-state index in [1.807, 2.05) is 97.1 Å². The van der Waals surface area contributed by atoms with Crippen molar-refractivity contribution in [1.29, 1.82) is 0 Å². The van der Waals surface area contributed by atoms with E-state index in [0.29, 0.717) is 44.7 Å². The smallest absolute Gasteiger partial charge is 0.266 e. The second-order valence-corrected chi connectivity index (χ2v) is 12.5. The van der Waals surface area contributed by atoms with Crippen LogP contribution in [0.3, 0.4) is 0 Å². The van der Waals surface area contributed by atoms with E-state index in [1.165, 1.54) is 4.57 Å². The number of rotatable bonds is 4. The first-order valence-corrected chi connectivity index (χ1v) is 16.2. The summed E-state index contributed by atoms with van der Waals surface area (Å²) in [5, 5.41) is 4.26. The molecule has 0 radical (unpaired) electrons. The minimum absolute atomic E-state index is 0.394. The number of aromatic nitrogens is 5. The molecule has 7 nitrogen and oxygen atoms in total. The molecule has 4 heterocycles. The van der Waals surface area contributed by atoms with Crippen molar-refractivity contribution < 1.29 is 0 Å². The fourth-order valence-corrected chi connectivity index (χ4v) is 7.36. The van der Waals surface area contributed by atoms with Crippen molar-refractivity contribution in [1.82, 2.24) is 24.5 Å². The molecule has 0 aliphatic rings. The molecule has 48 heavy (non-hydrogen) atoms. The third-order valence-corrected chi connectivity index (χ3v) is 9.71. The van der Waals surface area contributed by atoms with Crippen LogP contribution in [-0.4, -0.2) is 24.5 Å². The van der Waals surface area contributed by atoms with E-state index < -0.39 is 11.1 Å². The molecular formula is C40H23N5O2S. The third-order valence-electron chi connectivity index (χ3n) is 8.58. The Balaban J connectivity index is 1.25. The van der Waals surface area contributed by atoms with Crippen molar-refractivity contribution in [2.75, 3.05) is 0 Å². The summed E-state index contributed by atoms with van der Waals surface area (Å²) in [5.74, 6) is 1.59. The summed E-state index contributed by atoms with van der Waals surface area (Å²) in [5.41, 5.74) is 2.11. The Morgan fingerprint density at radius 3 is 1.71 bits per heavy atom. The van der Waals surface area contributed by atoms with Crippen LogP contribution in [0.15, 0.2) is 149 Å². The van der Waals surface area contributed by atoms with E-state index in [-0.39, 0.29) is 0 Å². The highest BCUT2D eigenvalue weighted by Crippen LogP contribution is 2.37. The molecule has 0 aliphatic heterocycles. The lowest BCUT2D eigenvalue weighted by Gasteiger charge is -2.09. The van der Waals surface area contributed by atoms with E-state index in [2.05, 4.69) is 17.1 Å². The number of hydrogen-bond acceptors (Lipinski definition) is 7. The van der Waals surface area contributed by atoms with E-state index >= 15 is 0 Å². The number of pyridine rings is 1. The Hall–Kier alpha value is -6.38. The Kier molecular flexibility index (Phi) is 6.48. The monoisotopic (exact) mass is 637 g/mol. The Labute approximate surface area is 277 Å². The molecule has 226 valence electrons. The zero-order chi connectivity index (χ0) is 32.2. The van der Waals surface area contributed by atoms with Gasteiger partial charge in [0.2, 0.25) is 0 Å². The van der Waals surface area contributed by atoms with Gasteiger partial charge < -0.3 is 0 Å². The van der Waals surface area contributed by atoms with Crippen LogP contribution in [0, 0.1) is 0 Å². The summed E-state index contributed by atoms with van der Waals surface area (Å²) in [6.45, 7) is 0. The van der Waals surface area contributed by atoms with Crippen molar-refractivity contribution in [2.24, 2.45) is 0 Å². The van der Waals surface area contributed by atoms with E-state index in [0.717, 1.165) is 36.9 Å². The third kappa shape index (κ3) is 4.58. The number of thiophene rings is 1. The number of benzene rings is 5. The zero-order valence-corrected chi connectivity index (χ0v) is 26.1. The lowest BCUT2D eigenvalue weighted by Crippen LogP contribution is -2.28. The summed E-state index contributed by atoms with van der Waals surface area (Å²) < 4.78 is 3.44. The maximum absolute atomic E-state index is 14.4. The molecule has 9 rings (SSSR count). The van der Waals surface area contributed by atoms with Crippen LogP contribution >= 0.6 is 11.3 Å². The van der Waals surface area contributed by atoms with E-state index in [4.69, 9.17) is 15.0 Å². The molecule has 0 unspecified atom stereocenters. The van der Waals surface area contributed by atoms with Crippen molar-refractivity contribution in [3.8, 4) is 39.9 Å². The van der Waals surface area contributed by atoms with Crippen molar-refractivity contribution >= 4 is 53.1 Å². The Bertz CT molecular complexity index is 2760. The van der Waals surface area contributed by atoms with Gasteiger partial charge in [0, 0.05) is 60.0 Å². The molecular weight excluding hydrogens is 615 g/mol. The van der Waals surface area contributed by atoms with Gasteiger partial charge in [-0.1, -0.05) is 78.9 Å². The lowest BCUT2D eigenvalue weighted by atomic mass is 10.1. The van der Waals surface area contributed by atoms with Crippen LogP contribution in [0.25, 0.3) is 81.6 Å². The van der Waals surface area contributed by atoms with Gasteiger partial charge in [0.15, 0.2) is 17.5 Å². The molecule has 0 saturated heterocycles. The Morgan fingerprint density at radius 2 is 1.04 bits per heavy atom. The van der Waals surface area contributed by atoms with Gasteiger partial charge in [0.05, 0.1) is 11.1 Å². The zero-order valence-electron chi connectivity index (χ0n) is 25.2. The maximum Gasteiger partial charge on any atom is 0.266 e. The van der Waals surface area contributed by atoms with Crippen molar-refractivity contribution in [3.63, 3.8) is 0 Å². The maximum atomic E-state index is 14.4.